The third kappa shape index (κ3) is 5.64. The van der Waals surface area contributed by atoms with Crippen molar-refractivity contribution in [1.82, 2.24) is 14.9 Å². The summed E-state index contributed by atoms with van der Waals surface area (Å²) in [5.74, 6) is 0.913. The SMILES string of the molecule is FC(F)(F)c1ccnc(Nc2nc3ccccc3cc2OCCCN2CCCCC2)c1. The van der Waals surface area contributed by atoms with Gasteiger partial charge in [-0.15, -0.1) is 0 Å². The average molecular weight is 430 g/mol. The maximum atomic E-state index is 13.1. The van der Waals surface area contributed by atoms with Gasteiger partial charge in [0.05, 0.1) is 17.7 Å². The second-order valence-electron chi connectivity index (χ2n) is 7.68. The lowest BCUT2D eigenvalue weighted by Crippen LogP contribution is -2.31. The number of likely N-dealkylation sites (tertiary alicyclic amines) is 1. The topological polar surface area (TPSA) is 50.3 Å². The molecule has 8 heteroatoms. The Labute approximate surface area is 179 Å². The molecule has 0 amide bonds. The van der Waals surface area contributed by atoms with Gasteiger partial charge in [0, 0.05) is 18.1 Å². The lowest BCUT2D eigenvalue weighted by atomic mass is 10.1. The molecule has 0 radical (unpaired) electrons. The van der Waals surface area contributed by atoms with E-state index in [1.165, 1.54) is 19.3 Å². The van der Waals surface area contributed by atoms with E-state index in [1.54, 1.807) is 0 Å². The fourth-order valence-corrected chi connectivity index (χ4v) is 3.75. The van der Waals surface area contributed by atoms with E-state index >= 15 is 0 Å². The minimum absolute atomic E-state index is 0.0655. The largest absolute Gasteiger partial charge is 0.490 e. The molecule has 1 saturated heterocycles. The third-order valence-electron chi connectivity index (χ3n) is 5.35. The highest BCUT2D eigenvalue weighted by Crippen LogP contribution is 2.33. The number of para-hydroxylation sites is 1. The number of pyridine rings is 2. The minimum Gasteiger partial charge on any atom is -0.490 e. The van der Waals surface area contributed by atoms with Gasteiger partial charge in [0.15, 0.2) is 11.6 Å². The zero-order valence-electron chi connectivity index (χ0n) is 17.2. The van der Waals surface area contributed by atoms with Crippen molar-refractivity contribution >= 4 is 22.5 Å². The second-order valence-corrected chi connectivity index (χ2v) is 7.68. The Morgan fingerprint density at radius 2 is 1.84 bits per heavy atom. The third-order valence-corrected chi connectivity index (χ3v) is 5.35. The molecule has 31 heavy (non-hydrogen) atoms. The summed E-state index contributed by atoms with van der Waals surface area (Å²) in [7, 11) is 0. The van der Waals surface area contributed by atoms with Gasteiger partial charge in [0.25, 0.3) is 0 Å². The lowest BCUT2D eigenvalue weighted by Gasteiger charge is -2.26. The first-order chi connectivity index (χ1) is 15.0. The Balaban J connectivity index is 1.51. The van der Waals surface area contributed by atoms with Crippen molar-refractivity contribution in [3.05, 3.63) is 54.2 Å². The summed E-state index contributed by atoms with van der Waals surface area (Å²) in [6.07, 6.45) is 1.35. The molecule has 1 aliphatic heterocycles. The molecule has 0 spiro atoms. The number of anilines is 2. The Bertz CT molecular complexity index is 1020. The highest BCUT2D eigenvalue weighted by Gasteiger charge is 2.30. The van der Waals surface area contributed by atoms with Crippen molar-refractivity contribution in [3.63, 3.8) is 0 Å². The molecule has 1 N–H and O–H groups in total. The summed E-state index contributed by atoms with van der Waals surface area (Å²) < 4.78 is 45.2. The van der Waals surface area contributed by atoms with E-state index in [9.17, 15) is 13.2 Å². The quantitative estimate of drug-likeness (QED) is 0.491. The van der Waals surface area contributed by atoms with Crippen LogP contribution >= 0.6 is 0 Å². The van der Waals surface area contributed by atoms with Crippen molar-refractivity contribution in [2.75, 3.05) is 31.6 Å². The first kappa shape index (κ1) is 21.4. The van der Waals surface area contributed by atoms with Gasteiger partial charge in [-0.05, 0) is 56.6 Å². The summed E-state index contributed by atoms with van der Waals surface area (Å²) in [5, 5.41) is 3.81. The molecular formula is C23H25F3N4O. The van der Waals surface area contributed by atoms with Crippen LogP contribution in [0, 0.1) is 0 Å². The molecule has 2 aromatic heterocycles. The van der Waals surface area contributed by atoms with E-state index in [-0.39, 0.29) is 5.82 Å². The zero-order chi connectivity index (χ0) is 21.7. The van der Waals surface area contributed by atoms with Gasteiger partial charge >= 0.3 is 6.18 Å². The molecule has 1 aliphatic rings. The molecule has 164 valence electrons. The summed E-state index contributed by atoms with van der Waals surface area (Å²) in [6.45, 7) is 3.73. The summed E-state index contributed by atoms with van der Waals surface area (Å²) in [6, 6.07) is 11.3. The molecule has 0 atom stereocenters. The van der Waals surface area contributed by atoms with Gasteiger partial charge < -0.3 is 15.0 Å². The Hall–Kier alpha value is -2.87. The van der Waals surface area contributed by atoms with Crippen LogP contribution in [0.4, 0.5) is 24.8 Å². The van der Waals surface area contributed by atoms with E-state index in [4.69, 9.17) is 4.74 Å². The van der Waals surface area contributed by atoms with E-state index < -0.39 is 11.7 Å². The smallest absolute Gasteiger partial charge is 0.416 e. The molecule has 0 bridgehead atoms. The Kier molecular flexibility index (Phi) is 6.56. The highest BCUT2D eigenvalue weighted by molar-refractivity contribution is 5.83. The lowest BCUT2D eigenvalue weighted by molar-refractivity contribution is -0.137. The van der Waals surface area contributed by atoms with Crippen LogP contribution in [-0.2, 0) is 6.18 Å². The van der Waals surface area contributed by atoms with E-state index in [0.29, 0.717) is 18.2 Å². The first-order valence-electron chi connectivity index (χ1n) is 10.5. The molecule has 0 unspecified atom stereocenters. The molecule has 1 aromatic carbocycles. The molecule has 5 nitrogen and oxygen atoms in total. The maximum Gasteiger partial charge on any atom is 0.416 e. The molecule has 3 aromatic rings. The van der Waals surface area contributed by atoms with E-state index in [2.05, 4.69) is 20.2 Å². The summed E-state index contributed by atoms with van der Waals surface area (Å²) in [4.78, 5) is 11.0. The predicted molar refractivity (Wildman–Crippen MR) is 115 cm³/mol. The number of rotatable bonds is 7. The van der Waals surface area contributed by atoms with Crippen molar-refractivity contribution in [3.8, 4) is 5.75 Å². The number of aromatic nitrogens is 2. The molecule has 0 saturated carbocycles. The van der Waals surface area contributed by atoms with Crippen LogP contribution in [0.3, 0.4) is 0 Å². The van der Waals surface area contributed by atoms with Crippen LogP contribution in [0.2, 0.25) is 0 Å². The van der Waals surface area contributed by atoms with Gasteiger partial charge in [-0.25, -0.2) is 9.97 Å². The number of ether oxygens (including phenoxy) is 1. The predicted octanol–water partition coefficient (Wildman–Crippen LogP) is 5.65. The summed E-state index contributed by atoms with van der Waals surface area (Å²) >= 11 is 0. The van der Waals surface area contributed by atoms with Gasteiger partial charge in [0.2, 0.25) is 0 Å². The van der Waals surface area contributed by atoms with Gasteiger partial charge in [-0.2, -0.15) is 13.2 Å². The average Bonchev–Trinajstić information content (AvgIpc) is 2.77. The highest BCUT2D eigenvalue weighted by atomic mass is 19.4. The van der Waals surface area contributed by atoms with Crippen LogP contribution in [0.25, 0.3) is 10.9 Å². The standard InChI is InChI=1S/C23H25F3N4O/c24-23(25,26)18-9-10-27-21(16-18)29-22-20(15-17-7-2-3-8-19(17)28-22)31-14-6-13-30-11-4-1-5-12-30/h2-3,7-10,15-16H,1,4-6,11-14H2,(H,27,28,29). The van der Waals surface area contributed by atoms with Crippen molar-refractivity contribution in [2.45, 2.75) is 31.9 Å². The van der Waals surface area contributed by atoms with Crippen molar-refractivity contribution < 1.29 is 17.9 Å². The first-order valence-corrected chi connectivity index (χ1v) is 10.5. The molecule has 4 rings (SSSR count). The maximum absolute atomic E-state index is 13.1. The van der Waals surface area contributed by atoms with Crippen LogP contribution in [0.15, 0.2) is 48.7 Å². The minimum atomic E-state index is -4.44. The molecule has 0 aliphatic carbocycles. The van der Waals surface area contributed by atoms with Gasteiger partial charge in [-0.1, -0.05) is 24.6 Å². The number of hydrogen-bond donors (Lipinski definition) is 1. The fraction of sp³-hybridized carbons (Fsp3) is 0.391. The van der Waals surface area contributed by atoms with Crippen LogP contribution in [-0.4, -0.2) is 41.1 Å². The summed E-state index contributed by atoms with van der Waals surface area (Å²) in [5.41, 5.74) is -0.0487. The van der Waals surface area contributed by atoms with E-state index in [0.717, 1.165) is 55.3 Å². The Morgan fingerprint density at radius 3 is 2.65 bits per heavy atom. The zero-order valence-corrected chi connectivity index (χ0v) is 17.2. The number of nitrogens with zero attached hydrogens (tertiary/aromatic N) is 3. The molecule has 3 heterocycles. The van der Waals surface area contributed by atoms with Crippen molar-refractivity contribution in [2.24, 2.45) is 0 Å². The monoisotopic (exact) mass is 430 g/mol. The number of alkyl halides is 3. The van der Waals surface area contributed by atoms with Crippen LogP contribution in [0.5, 0.6) is 5.75 Å². The van der Waals surface area contributed by atoms with Gasteiger partial charge in [-0.3, -0.25) is 0 Å². The number of fused-ring (bicyclic) bond motifs is 1. The number of nitrogens with one attached hydrogen (secondary N) is 1. The second kappa shape index (κ2) is 9.51. The van der Waals surface area contributed by atoms with E-state index in [1.807, 2.05) is 30.3 Å². The number of benzene rings is 1. The number of piperidine rings is 1. The number of hydrogen-bond acceptors (Lipinski definition) is 5. The molecular weight excluding hydrogens is 405 g/mol. The fourth-order valence-electron chi connectivity index (χ4n) is 3.75. The normalized spacial score (nSPS) is 15.2. The van der Waals surface area contributed by atoms with Crippen LogP contribution < -0.4 is 10.1 Å². The van der Waals surface area contributed by atoms with Gasteiger partial charge in [0.1, 0.15) is 5.82 Å². The Morgan fingerprint density at radius 1 is 1.03 bits per heavy atom. The van der Waals surface area contributed by atoms with Crippen molar-refractivity contribution in [1.29, 1.82) is 0 Å². The molecule has 1 fully saturated rings. The van der Waals surface area contributed by atoms with Crippen LogP contribution in [0.1, 0.15) is 31.2 Å². The number of halogens is 3.